The van der Waals surface area contributed by atoms with E-state index in [0.29, 0.717) is 33.9 Å². The van der Waals surface area contributed by atoms with Crippen LogP contribution in [-0.2, 0) is 9.53 Å². The fraction of sp³-hybridized carbons (Fsp3) is 0.233. The molecule has 9 heteroatoms. The summed E-state index contributed by atoms with van der Waals surface area (Å²) in [6, 6.07) is 20.4. The van der Waals surface area contributed by atoms with Crippen molar-refractivity contribution in [1.29, 1.82) is 0 Å². The first-order valence-corrected chi connectivity index (χ1v) is 12.4. The van der Waals surface area contributed by atoms with Crippen LogP contribution < -0.4 is 21.1 Å². The molecule has 0 aromatic heterocycles. The summed E-state index contributed by atoms with van der Waals surface area (Å²) in [6.07, 6.45) is 1.47. The minimum Gasteiger partial charge on any atom is -0.491 e. The number of nitrogens with two attached hydrogens (primary N) is 1. The molecule has 0 fully saturated rings. The number of carbonyl (C=O) groups is 3. The van der Waals surface area contributed by atoms with Crippen LogP contribution in [-0.4, -0.2) is 36.1 Å². The Morgan fingerprint density at radius 1 is 1.00 bits per heavy atom. The van der Waals surface area contributed by atoms with Crippen LogP contribution in [0, 0.1) is 5.41 Å². The molecule has 0 heterocycles. The first-order chi connectivity index (χ1) is 18.6. The Morgan fingerprint density at radius 2 is 1.72 bits per heavy atom. The third kappa shape index (κ3) is 8.44. The zero-order valence-electron chi connectivity index (χ0n) is 22.1. The number of ketones is 1. The highest BCUT2D eigenvalue weighted by Gasteiger charge is 2.33. The summed E-state index contributed by atoms with van der Waals surface area (Å²) in [5.41, 5.74) is 7.58. The lowest BCUT2D eigenvalue weighted by atomic mass is 9.82. The van der Waals surface area contributed by atoms with Gasteiger partial charge in [0, 0.05) is 16.7 Å². The summed E-state index contributed by atoms with van der Waals surface area (Å²) in [5, 5.41) is 14.5. The fourth-order valence-electron chi connectivity index (χ4n) is 3.79. The Kier molecular flexibility index (Phi) is 9.83. The molecule has 0 bridgehead atoms. The third-order valence-electron chi connectivity index (χ3n) is 5.84. The lowest BCUT2D eigenvalue weighted by Gasteiger charge is -2.32. The quantitative estimate of drug-likeness (QED) is 0.148. The van der Waals surface area contributed by atoms with Gasteiger partial charge in [0.25, 0.3) is 0 Å². The molecule has 0 spiro atoms. The lowest BCUT2D eigenvalue weighted by Crippen LogP contribution is -2.28. The molecule has 0 unspecified atom stereocenters. The van der Waals surface area contributed by atoms with E-state index in [1.807, 2.05) is 13.8 Å². The average molecular weight is 532 g/mol. The molecule has 3 aromatic rings. The normalized spacial score (nSPS) is 12.0. The maximum atomic E-state index is 13.0. The zero-order chi connectivity index (χ0) is 28.4. The minimum absolute atomic E-state index is 0.0833. The van der Waals surface area contributed by atoms with E-state index in [-0.39, 0.29) is 19.0 Å². The van der Waals surface area contributed by atoms with Gasteiger partial charge in [0.2, 0.25) is 5.91 Å². The number of benzene rings is 3. The predicted molar refractivity (Wildman–Crippen MR) is 151 cm³/mol. The van der Waals surface area contributed by atoms with Crippen molar-refractivity contribution in [3.05, 3.63) is 96.1 Å². The van der Waals surface area contributed by atoms with E-state index in [2.05, 4.69) is 10.6 Å². The molecular weight excluding hydrogens is 498 g/mol. The number of amides is 2. The molecule has 204 valence electrons. The smallest absolute Gasteiger partial charge is 0.412 e. The number of ether oxygens (including phenoxy) is 2. The van der Waals surface area contributed by atoms with Gasteiger partial charge in [-0.15, -0.1) is 0 Å². The van der Waals surface area contributed by atoms with Crippen LogP contribution >= 0.6 is 0 Å². The number of aliphatic hydroxyl groups excluding tert-OH is 1. The Morgan fingerprint density at radius 3 is 2.38 bits per heavy atom. The molecule has 3 rings (SSSR count). The molecule has 0 aliphatic carbocycles. The SMILES string of the molecule is CC(=O)c1ccc(NC(=O)O[C@H](c2cccc(OCCO)c2)C(C)(C)/C=C/C(=O)Nc2ccccc2N)cc1. The lowest BCUT2D eigenvalue weighted by molar-refractivity contribution is -0.112. The van der Waals surface area contributed by atoms with Gasteiger partial charge in [-0.05, 0) is 67.1 Å². The molecule has 3 aromatic carbocycles. The number of aliphatic hydroxyl groups is 1. The number of carbonyl (C=O) groups excluding carboxylic acids is 3. The number of para-hydroxylation sites is 2. The summed E-state index contributed by atoms with van der Waals surface area (Å²) in [4.78, 5) is 37.1. The second-order valence-corrected chi connectivity index (χ2v) is 9.42. The van der Waals surface area contributed by atoms with Crippen LogP contribution in [0.2, 0.25) is 0 Å². The zero-order valence-corrected chi connectivity index (χ0v) is 22.1. The number of hydrogen-bond donors (Lipinski definition) is 4. The van der Waals surface area contributed by atoms with Gasteiger partial charge in [0.15, 0.2) is 5.78 Å². The summed E-state index contributed by atoms with van der Waals surface area (Å²) in [7, 11) is 0. The Hall–Kier alpha value is -4.63. The van der Waals surface area contributed by atoms with Gasteiger partial charge in [0.1, 0.15) is 18.5 Å². The summed E-state index contributed by atoms with van der Waals surface area (Å²) in [5.74, 6) is 0.0160. The average Bonchev–Trinajstić information content (AvgIpc) is 2.91. The van der Waals surface area contributed by atoms with Crippen LogP contribution in [0.3, 0.4) is 0 Å². The van der Waals surface area contributed by atoms with Crippen molar-refractivity contribution in [2.75, 3.05) is 29.6 Å². The van der Waals surface area contributed by atoms with E-state index in [0.717, 1.165) is 0 Å². The standard InChI is InChI=1S/C30H33N3O6/c1-20(35)21-11-13-23(14-12-21)32-29(37)39-28(22-7-6-8-24(19-22)38-18-17-34)30(2,3)16-15-27(36)33-26-10-5-4-9-25(26)31/h4-16,19,28,34H,17-18,31H2,1-3H3,(H,32,37)(H,33,36)/b16-15+/t28-/m1/s1. The molecular formula is C30H33N3O6. The highest BCUT2D eigenvalue weighted by Crippen LogP contribution is 2.39. The molecule has 39 heavy (non-hydrogen) atoms. The van der Waals surface area contributed by atoms with Gasteiger partial charge in [-0.25, -0.2) is 4.79 Å². The molecule has 0 saturated carbocycles. The topological polar surface area (TPSA) is 140 Å². The summed E-state index contributed by atoms with van der Waals surface area (Å²) < 4.78 is 11.4. The van der Waals surface area contributed by atoms with E-state index < -0.39 is 23.5 Å². The summed E-state index contributed by atoms with van der Waals surface area (Å²) >= 11 is 0. The second-order valence-electron chi connectivity index (χ2n) is 9.42. The van der Waals surface area contributed by atoms with Crippen LogP contribution in [0.5, 0.6) is 5.75 Å². The Balaban J connectivity index is 1.83. The monoisotopic (exact) mass is 531 g/mol. The third-order valence-corrected chi connectivity index (χ3v) is 5.84. The fourth-order valence-corrected chi connectivity index (χ4v) is 3.79. The first-order valence-electron chi connectivity index (χ1n) is 12.4. The van der Waals surface area contributed by atoms with Crippen LogP contribution in [0.4, 0.5) is 21.9 Å². The number of anilines is 3. The summed E-state index contributed by atoms with van der Waals surface area (Å²) in [6.45, 7) is 5.08. The molecule has 1 atom stereocenters. The highest BCUT2D eigenvalue weighted by molar-refractivity contribution is 6.01. The van der Waals surface area contributed by atoms with Gasteiger partial charge in [0.05, 0.1) is 18.0 Å². The van der Waals surface area contributed by atoms with Gasteiger partial charge >= 0.3 is 6.09 Å². The maximum Gasteiger partial charge on any atom is 0.412 e. The van der Waals surface area contributed by atoms with E-state index in [1.54, 1.807) is 78.9 Å². The highest BCUT2D eigenvalue weighted by atomic mass is 16.6. The Labute approximate surface area is 227 Å². The molecule has 2 amide bonds. The van der Waals surface area contributed by atoms with Gasteiger partial charge in [-0.1, -0.05) is 44.2 Å². The van der Waals surface area contributed by atoms with Crippen molar-refractivity contribution in [3.8, 4) is 5.75 Å². The molecule has 0 radical (unpaired) electrons. The van der Waals surface area contributed by atoms with Gasteiger partial charge in [-0.2, -0.15) is 0 Å². The Bertz CT molecular complexity index is 1330. The number of nitrogen functional groups attached to an aromatic ring is 1. The minimum atomic E-state index is -0.856. The first kappa shape index (κ1) is 28.9. The van der Waals surface area contributed by atoms with Gasteiger partial charge in [-0.3, -0.25) is 14.9 Å². The van der Waals surface area contributed by atoms with Crippen LogP contribution in [0.1, 0.15) is 42.8 Å². The van der Waals surface area contributed by atoms with Crippen molar-refractivity contribution in [2.24, 2.45) is 5.41 Å². The van der Waals surface area contributed by atoms with Crippen LogP contribution in [0.15, 0.2) is 84.9 Å². The molecule has 0 aliphatic heterocycles. The maximum absolute atomic E-state index is 13.0. The van der Waals surface area contributed by atoms with E-state index in [9.17, 15) is 14.4 Å². The van der Waals surface area contributed by atoms with Crippen molar-refractivity contribution in [3.63, 3.8) is 0 Å². The van der Waals surface area contributed by atoms with Gasteiger partial charge < -0.3 is 25.6 Å². The number of Topliss-reactive ketones (excluding diaryl/α,β-unsaturated/α-hetero) is 1. The van der Waals surface area contributed by atoms with Crippen molar-refractivity contribution < 1.29 is 29.0 Å². The van der Waals surface area contributed by atoms with E-state index >= 15 is 0 Å². The van der Waals surface area contributed by atoms with Crippen LogP contribution in [0.25, 0.3) is 0 Å². The molecule has 0 aliphatic rings. The van der Waals surface area contributed by atoms with Crippen molar-refractivity contribution >= 4 is 34.8 Å². The number of nitrogens with one attached hydrogen (secondary N) is 2. The molecule has 0 saturated heterocycles. The number of hydrogen-bond acceptors (Lipinski definition) is 7. The largest absolute Gasteiger partial charge is 0.491 e. The second kappa shape index (κ2) is 13.3. The van der Waals surface area contributed by atoms with E-state index in [4.69, 9.17) is 20.3 Å². The molecule has 9 nitrogen and oxygen atoms in total. The van der Waals surface area contributed by atoms with E-state index in [1.165, 1.54) is 13.0 Å². The van der Waals surface area contributed by atoms with Crippen molar-refractivity contribution in [2.45, 2.75) is 26.9 Å². The number of rotatable bonds is 11. The van der Waals surface area contributed by atoms with Crippen molar-refractivity contribution in [1.82, 2.24) is 0 Å². The predicted octanol–water partition coefficient (Wildman–Crippen LogP) is 5.35. The molecule has 5 N–H and O–H groups in total.